The number of esters is 2. The average molecular weight is 726 g/mol. The van der Waals surface area contributed by atoms with Crippen LogP contribution in [0.5, 0.6) is 0 Å². The molecule has 0 aromatic carbocycles. The summed E-state index contributed by atoms with van der Waals surface area (Å²) in [5.74, 6) is -0.919. The van der Waals surface area contributed by atoms with Gasteiger partial charge >= 0.3 is 25.9 Å². The summed E-state index contributed by atoms with van der Waals surface area (Å²) in [5, 5.41) is 2.38. The number of carbonyl (C=O) groups is 3. The van der Waals surface area contributed by atoms with Gasteiger partial charge in [0.1, 0.15) is 13.2 Å². The smallest absolute Gasteiger partial charge is 0.462 e. The first kappa shape index (κ1) is 47.2. The molecule has 290 valence electrons. The number of phosphoric acid groups is 1. The van der Waals surface area contributed by atoms with Gasteiger partial charge in [-0.05, 0) is 12.8 Å². The van der Waals surface area contributed by atoms with Gasteiger partial charge < -0.3 is 33.9 Å². The summed E-state index contributed by atoms with van der Waals surface area (Å²) in [6, 6.07) is 0. The molecule has 2 atom stereocenters. The molecule has 0 aliphatic heterocycles. The lowest BCUT2D eigenvalue weighted by Crippen LogP contribution is -2.30. The Morgan fingerprint density at radius 1 is 0.612 bits per heavy atom. The predicted octanol–water partition coefficient (Wildman–Crippen LogP) is 7.81. The Labute approximate surface area is 295 Å². The Morgan fingerprint density at radius 3 is 1.67 bits per heavy atom. The van der Waals surface area contributed by atoms with Crippen molar-refractivity contribution in [1.29, 1.82) is 0 Å². The number of nitrogens with one attached hydrogen (secondary N) is 1. The van der Waals surface area contributed by atoms with E-state index in [9.17, 15) is 23.8 Å². The van der Waals surface area contributed by atoms with Crippen molar-refractivity contribution >= 4 is 25.9 Å². The second kappa shape index (κ2) is 34.7. The van der Waals surface area contributed by atoms with Crippen LogP contribution >= 0.6 is 7.82 Å². The van der Waals surface area contributed by atoms with Gasteiger partial charge in [0.05, 0.1) is 33.0 Å². The molecule has 0 aliphatic carbocycles. The van der Waals surface area contributed by atoms with E-state index < -0.39 is 38.6 Å². The number of methoxy groups -OCH3 is 1. The van der Waals surface area contributed by atoms with E-state index in [1.54, 1.807) is 7.11 Å². The Balaban J connectivity index is 4.56. The van der Waals surface area contributed by atoms with Crippen LogP contribution in [0.1, 0.15) is 142 Å². The summed E-state index contributed by atoms with van der Waals surface area (Å²) in [6.45, 7) is 4.15. The number of rotatable bonds is 36. The first-order valence-corrected chi connectivity index (χ1v) is 20.2. The maximum absolute atomic E-state index is 12.6. The third-order valence-electron chi connectivity index (χ3n) is 7.64. The minimum absolute atomic E-state index is 0.0288. The molecule has 0 aromatic heterocycles. The topological polar surface area (TPSA) is 165 Å². The summed E-state index contributed by atoms with van der Waals surface area (Å²) >= 11 is 0. The number of ether oxygens (including phenoxy) is 5. The fraction of sp³-hybridized carbons (Fsp3) is 0.914. The minimum Gasteiger partial charge on any atom is -0.462 e. The van der Waals surface area contributed by atoms with Crippen LogP contribution in [0.2, 0.25) is 0 Å². The van der Waals surface area contributed by atoms with E-state index in [0.29, 0.717) is 26.1 Å². The maximum Gasteiger partial charge on any atom is 0.472 e. The van der Waals surface area contributed by atoms with Crippen molar-refractivity contribution in [2.24, 2.45) is 0 Å². The summed E-state index contributed by atoms with van der Waals surface area (Å²) in [5.41, 5.74) is 0. The van der Waals surface area contributed by atoms with E-state index >= 15 is 0 Å². The molecule has 0 bridgehead atoms. The average Bonchev–Trinajstić information content (AvgIpc) is 3.08. The van der Waals surface area contributed by atoms with E-state index in [2.05, 4.69) is 19.2 Å². The lowest BCUT2D eigenvalue weighted by Gasteiger charge is -2.20. The van der Waals surface area contributed by atoms with Crippen LogP contribution < -0.4 is 5.32 Å². The summed E-state index contributed by atoms with van der Waals surface area (Å²) < 4.78 is 48.1. The van der Waals surface area contributed by atoms with Crippen LogP contribution in [0.4, 0.5) is 4.79 Å². The highest BCUT2D eigenvalue weighted by Crippen LogP contribution is 2.43. The van der Waals surface area contributed by atoms with Gasteiger partial charge in [-0.15, -0.1) is 0 Å². The molecule has 0 saturated carbocycles. The summed E-state index contributed by atoms with van der Waals surface area (Å²) in [6.07, 6.45) is 18.7. The van der Waals surface area contributed by atoms with Crippen molar-refractivity contribution < 1.29 is 56.6 Å². The van der Waals surface area contributed by atoms with Gasteiger partial charge in [-0.25, -0.2) is 9.36 Å². The van der Waals surface area contributed by atoms with Gasteiger partial charge in [-0.2, -0.15) is 0 Å². The third-order valence-corrected chi connectivity index (χ3v) is 8.62. The van der Waals surface area contributed by atoms with Crippen LogP contribution in [0.15, 0.2) is 0 Å². The van der Waals surface area contributed by atoms with Gasteiger partial charge in [0.2, 0.25) is 0 Å². The van der Waals surface area contributed by atoms with Crippen LogP contribution in [0.3, 0.4) is 0 Å². The molecule has 1 amide bonds. The third kappa shape index (κ3) is 34.5. The summed E-state index contributed by atoms with van der Waals surface area (Å²) in [4.78, 5) is 46.7. The number of hydrogen-bond donors (Lipinski definition) is 2. The fourth-order valence-corrected chi connectivity index (χ4v) is 5.55. The number of amides is 1. The monoisotopic (exact) mass is 725 g/mol. The van der Waals surface area contributed by atoms with E-state index in [-0.39, 0.29) is 45.8 Å². The van der Waals surface area contributed by atoms with Crippen molar-refractivity contribution in [2.45, 2.75) is 148 Å². The van der Waals surface area contributed by atoms with Crippen molar-refractivity contribution in [2.75, 3.05) is 59.9 Å². The first-order valence-electron chi connectivity index (χ1n) is 18.7. The standard InChI is InChI=1S/C35H68NO12P/c1-4-6-8-10-12-14-16-18-20-22-33(37)45-30-32(48-34(38)23-21-19-17-15-13-11-9-7-5-2)31-47-49(40,41)46-25-24-36-35(39)44-29-28-43-27-26-42-3/h32H,4-31H2,1-3H3,(H,36,39)(H,40,41)/t32-/m1/s1. The quantitative estimate of drug-likeness (QED) is 0.0279. The van der Waals surface area contributed by atoms with E-state index in [1.165, 1.54) is 64.2 Å². The molecule has 0 fully saturated rings. The molecule has 49 heavy (non-hydrogen) atoms. The molecule has 0 spiro atoms. The molecular formula is C35H68NO12P. The second-order valence-electron chi connectivity index (χ2n) is 12.2. The molecule has 0 heterocycles. The lowest BCUT2D eigenvalue weighted by molar-refractivity contribution is -0.161. The zero-order valence-corrected chi connectivity index (χ0v) is 31.7. The van der Waals surface area contributed by atoms with Gasteiger partial charge in [0.15, 0.2) is 6.10 Å². The number of carbonyl (C=O) groups excluding carboxylic acids is 3. The number of hydrogen-bond acceptors (Lipinski definition) is 11. The predicted molar refractivity (Wildman–Crippen MR) is 188 cm³/mol. The van der Waals surface area contributed by atoms with Gasteiger partial charge in [-0.1, -0.05) is 117 Å². The second-order valence-corrected chi connectivity index (χ2v) is 13.7. The van der Waals surface area contributed by atoms with Crippen LogP contribution in [-0.2, 0) is 46.9 Å². The Hall–Kier alpha value is -1.76. The van der Waals surface area contributed by atoms with Crippen molar-refractivity contribution in [1.82, 2.24) is 5.32 Å². The van der Waals surface area contributed by atoms with Gasteiger partial charge in [0, 0.05) is 26.5 Å². The number of phosphoric ester groups is 1. The zero-order valence-electron chi connectivity index (χ0n) is 30.8. The molecule has 13 nitrogen and oxygen atoms in total. The number of alkyl carbamates (subject to hydrolysis) is 1. The van der Waals surface area contributed by atoms with E-state index in [4.69, 9.17) is 32.7 Å². The maximum atomic E-state index is 12.6. The Kier molecular flexibility index (Phi) is 33.4. The van der Waals surface area contributed by atoms with E-state index in [0.717, 1.165) is 38.5 Å². The van der Waals surface area contributed by atoms with Crippen molar-refractivity contribution in [3.63, 3.8) is 0 Å². The normalized spacial score (nSPS) is 13.1. The zero-order chi connectivity index (χ0) is 36.3. The molecule has 2 N–H and O–H groups in total. The molecule has 0 radical (unpaired) electrons. The molecule has 14 heteroatoms. The van der Waals surface area contributed by atoms with Gasteiger partial charge in [0.25, 0.3) is 0 Å². The summed E-state index contributed by atoms with van der Waals surface area (Å²) in [7, 11) is -3.02. The molecule has 0 rings (SSSR count). The van der Waals surface area contributed by atoms with Crippen LogP contribution in [0.25, 0.3) is 0 Å². The molecule has 0 saturated heterocycles. The minimum atomic E-state index is -4.57. The molecular weight excluding hydrogens is 657 g/mol. The lowest BCUT2D eigenvalue weighted by atomic mass is 10.1. The van der Waals surface area contributed by atoms with E-state index in [1.807, 2.05) is 0 Å². The first-order chi connectivity index (χ1) is 23.7. The van der Waals surface area contributed by atoms with Crippen molar-refractivity contribution in [3.8, 4) is 0 Å². The highest BCUT2D eigenvalue weighted by atomic mass is 31.2. The molecule has 0 aliphatic rings. The highest BCUT2D eigenvalue weighted by Gasteiger charge is 2.26. The fourth-order valence-electron chi connectivity index (χ4n) is 4.80. The Bertz CT molecular complexity index is 847. The Morgan fingerprint density at radius 2 is 1.12 bits per heavy atom. The SMILES string of the molecule is CCCCCCCCCCCC(=O)OC[C@H](COP(=O)(O)OCCNC(=O)OCCOCCOC)OC(=O)CCCCCCCCCCC. The largest absolute Gasteiger partial charge is 0.472 e. The van der Waals surface area contributed by atoms with Gasteiger partial charge in [-0.3, -0.25) is 18.6 Å². The molecule has 1 unspecified atom stereocenters. The van der Waals surface area contributed by atoms with Crippen LogP contribution in [-0.4, -0.2) is 88.9 Å². The highest BCUT2D eigenvalue weighted by molar-refractivity contribution is 7.47. The van der Waals surface area contributed by atoms with Crippen LogP contribution in [0, 0.1) is 0 Å². The molecule has 0 aromatic rings. The number of unbranched alkanes of at least 4 members (excludes halogenated alkanes) is 16. The van der Waals surface area contributed by atoms with Crippen molar-refractivity contribution in [3.05, 3.63) is 0 Å².